The van der Waals surface area contributed by atoms with Gasteiger partial charge in [0.25, 0.3) is 15.9 Å². The second-order valence-electron chi connectivity index (χ2n) is 6.80. The molecule has 10 heteroatoms. The van der Waals surface area contributed by atoms with E-state index in [1.807, 2.05) is 6.07 Å². The van der Waals surface area contributed by atoms with Crippen LogP contribution in [0.4, 0.5) is 24.5 Å². The topological polar surface area (TPSA) is 84.5 Å². The average molecular weight is 464 g/mol. The molecule has 3 aromatic rings. The summed E-state index contributed by atoms with van der Waals surface area (Å²) < 4.78 is 70.7. The number of hydrogen-bond acceptors (Lipinski definition) is 4. The largest absolute Gasteiger partial charge is 0.416 e. The molecule has 0 spiro atoms. The van der Waals surface area contributed by atoms with E-state index in [9.17, 15) is 26.4 Å². The molecule has 0 aliphatic carbocycles. The van der Waals surface area contributed by atoms with Gasteiger partial charge in [-0.25, -0.2) is 8.42 Å². The minimum Gasteiger partial charge on any atom is -0.380 e. The molecule has 0 unspecified atom stereocenters. The quantitative estimate of drug-likeness (QED) is 0.521. The van der Waals surface area contributed by atoms with Gasteiger partial charge in [0.2, 0.25) is 0 Å². The SMILES string of the molecule is COCc1cccc(NC(=O)c2ccc(S(=O)(=O)Nc3cccc(C(F)(F)F)c3)cc2)c1. The van der Waals surface area contributed by atoms with E-state index in [4.69, 9.17) is 4.74 Å². The lowest BCUT2D eigenvalue weighted by molar-refractivity contribution is -0.137. The number of carbonyl (C=O) groups excluding carboxylic acids is 1. The third-order valence-electron chi connectivity index (χ3n) is 4.36. The van der Waals surface area contributed by atoms with Crippen LogP contribution in [0.1, 0.15) is 21.5 Å². The normalized spacial score (nSPS) is 11.8. The molecule has 0 aliphatic rings. The number of nitrogens with one attached hydrogen (secondary N) is 2. The summed E-state index contributed by atoms with van der Waals surface area (Å²) >= 11 is 0. The Kier molecular flexibility index (Phi) is 6.85. The summed E-state index contributed by atoms with van der Waals surface area (Å²) in [5.74, 6) is -0.450. The Morgan fingerprint density at radius 3 is 2.25 bits per heavy atom. The van der Waals surface area contributed by atoms with Gasteiger partial charge < -0.3 is 10.1 Å². The van der Waals surface area contributed by atoms with Crippen LogP contribution in [0.25, 0.3) is 0 Å². The summed E-state index contributed by atoms with van der Waals surface area (Å²) in [7, 11) is -2.59. The van der Waals surface area contributed by atoms with Gasteiger partial charge in [0, 0.05) is 24.0 Å². The van der Waals surface area contributed by atoms with Crippen molar-refractivity contribution in [1.29, 1.82) is 0 Å². The standard InChI is InChI=1S/C22H19F3N2O4S/c1-31-14-15-4-2-6-18(12-15)26-21(28)16-8-10-20(11-9-16)32(29,30)27-19-7-3-5-17(13-19)22(23,24)25/h2-13,27H,14H2,1H3,(H,26,28). The third kappa shape index (κ3) is 5.86. The second kappa shape index (κ2) is 9.41. The molecule has 0 bridgehead atoms. The minimum atomic E-state index is -4.60. The zero-order chi connectivity index (χ0) is 23.4. The molecule has 32 heavy (non-hydrogen) atoms. The highest BCUT2D eigenvalue weighted by Gasteiger charge is 2.30. The number of benzene rings is 3. The Hall–Kier alpha value is -3.37. The molecule has 0 heterocycles. The molecular formula is C22H19F3N2O4S. The molecule has 168 valence electrons. The van der Waals surface area contributed by atoms with E-state index in [1.165, 1.54) is 30.3 Å². The Balaban J connectivity index is 1.73. The predicted octanol–water partition coefficient (Wildman–Crippen LogP) is 4.90. The molecule has 0 fully saturated rings. The zero-order valence-electron chi connectivity index (χ0n) is 16.8. The van der Waals surface area contributed by atoms with Crippen molar-refractivity contribution in [2.45, 2.75) is 17.7 Å². The number of rotatable bonds is 7. The van der Waals surface area contributed by atoms with E-state index in [1.54, 1.807) is 25.3 Å². The van der Waals surface area contributed by atoms with E-state index in [0.717, 1.165) is 17.7 Å². The maximum absolute atomic E-state index is 12.8. The molecule has 2 N–H and O–H groups in total. The molecule has 0 atom stereocenters. The maximum Gasteiger partial charge on any atom is 0.416 e. The zero-order valence-corrected chi connectivity index (χ0v) is 17.6. The Bertz CT molecular complexity index is 1210. The first-order chi connectivity index (χ1) is 15.1. The van der Waals surface area contributed by atoms with Crippen molar-refractivity contribution in [3.63, 3.8) is 0 Å². The molecule has 1 amide bonds. The number of methoxy groups -OCH3 is 1. The van der Waals surface area contributed by atoms with Crippen LogP contribution in [0.5, 0.6) is 0 Å². The number of amides is 1. The van der Waals surface area contributed by atoms with Gasteiger partial charge in [0.15, 0.2) is 0 Å². The van der Waals surface area contributed by atoms with Crippen molar-refractivity contribution < 1.29 is 31.1 Å². The van der Waals surface area contributed by atoms with E-state index >= 15 is 0 Å². The van der Waals surface area contributed by atoms with Crippen molar-refractivity contribution in [2.24, 2.45) is 0 Å². The van der Waals surface area contributed by atoms with E-state index in [0.29, 0.717) is 18.4 Å². The van der Waals surface area contributed by atoms with Gasteiger partial charge in [-0.1, -0.05) is 18.2 Å². The maximum atomic E-state index is 12.8. The van der Waals surface area contributed by atoms with Crippen molar-refractivity contribution in [3.8, 4) is 0 Å². The lowest BCUT2D eigenvalue weighted by Gasteiger charge is -2.12. The molecule has 6 nitrogen and oxygen atoms in total. The predicted molar refractivity (Wildman–Crippen MR) is 114 cm³/mol. The Morgan fingerprint density at radius 2 is 1.59 bits per heavy atom. The van der Waals surface area contributed by atoms with E-state index in [2.05, 4.69) is 10.0 Å². The van der Waals surface area contributed by atoms with Crippen LogP contribution in [0.15, 0.2) is 77.7 Å². The first-order valence-corrected chi connectivity index (χ1v) is 10.8. The molecule has 0 saturated carbocycles. The van der Waals surface area contributed by atoms with Gasteiger partial charge in [-0.2, -0.15) is 13.2 Å². The first-order valence-electron chi connectivity index (χ1n) is 9.28. The highest BCUT2D eigenvalue weighted by molar-refractivity contribution is 7.92. The Morgan fingerprint density at radius 1 is 0.938 bits per heavy atom. The summed E-state index contributed by atoms with van der Waals surface area (Å²) in [5.41, 5.74) is 0.428. The number of sulfonamides is 1. The molecule has 0 saturated heterocycles. The second-order valence-corrected chi connectivity index (χ2v) is 8.48. The van der Waals surface area contributed by atoms with Gasteiger partial charge in [-0.05, 0) is 60.2 Å². The monoisotopic (exact) mass is 464 g/mol. The lowest BCUT2D eigenvalue weighted by Crippen LogP contribution is -2.15. The molecular weight excluding hydrogens is 445 g/mol. The molecule has 0 radical (unpaired) electrons. The summed E-state index contributed by atoms with van der Waals surface area (Å²) in [5, 5.41) is 2.71. The number of carbonyl (C=O) groups is 1. The number of alkyl halides is 3. The fourth-order valence-electron chi connectivity index (χ4n) is 2.87. The van der Waals surface area contributed by atoms with Crippen LogP contribution in [0.3, 0.4) is 0 Å². The third-order valence-corrected chi connectivity index (χ3v) is 5.76. The minimum absolute atomic E-state index is 0.200. The smallest absolute Gasteiger partial charge is 0.380 e. The summed E-state index contributed by atoms with van der Waals surface area (Å²) in [6, 6.07) is 16.0. The fraction of sp³-hybridized carbons (Fsp3) is 0.136. The number of anilines is 2. The highest BCUT2D eigenvalue weighted by Crippen LogP contribution is 2.31. The van der Waals surface area contributed by atoms with Crippen molar-refractivity contribution in [3.05, 3.63) is 89.5 Å². The van der Waals surface area contributed by atoms with Crippen molar-refractivity contribution in [2.75, 3.05) is 17.1 Å². The summed E-state index contributed by atoms with van der Waals surface area (Å²) in [6.07, 6.45) is -4.60. The van der Waals surface area contributed by atoms with Crippen molar-refractivity contribution in [1.82, 2.24) is 0 Å². The van der Waals surface area contributed by atoms with Gasteiger partial charge in [-0.3, -0.25) is 9.52 Å². The lowest BCUT2D eigenvalue weighted by atomic mass is 10.2. The van der Waals surface area contributed by atoms with Gasteiger partial charge in [-0.15, -0.1) is 0 Å². The first kappa shape index (κ1) is 23.3. The Labute approximate surface area is 183 Å². The molecule has 3 aromatic carbocycles. The molecule has 0 aromatic heterocycles. The number of hydrogen-bond donors (Lipinski definition) is 2. The van der Waals surface area contributed by atoms with Crippen molar-refractivity contribution >= 4 is 27.3 Å². The fourth-order valence-corrected chi connectivity index (χ4v) is 3.92. The molecule has 3 rings (SSSR count). The van der Waals surface area contributed by atoms with E-state index < -0.39 is 27.7 Å². The van der Waals surface area contributed by atoms with Crippen LogP contribution >= 0.6 is 0 Å². The van der Waals surface area contributed by atoms with E-state index in [-0.39, 0.29) is 16.1 Å². The number of halogens is 3. The van der Waals surface area contributed by atoms with Crippen LogP contribution in [0, 0.1) is 0 Å². The van der Waals surface area contributed by atoms with Crippen LogP contribution < -0.4 is 10.0 Å². The average Bonchev–Trinajstić information content (AvgIpc) is 2.74. The highest BCUT2D eigenvalue weighted by atomic mass is 32.2. The van der Waals surface area contributed by atoms with Gasteiger partial charge in [0.1, 0.15) is 0 Å². The van der Waals surface area contributed by atoms with Gasteiger partial charge >= 0.3 is 6.18 Å². The van der Waals surface area contributed by atoms with Gasteiger partial charge in [0.05, 0.1) is 17.1 Å². The summed E-state index contributed by atoms with van der Waals surface area (Å²) in [4.78, 5) is 12.3. The van der Waals surface area contributed by atoms with Crippen LogP contribution in [-0.4, -0.2) is 21.4 Å². The van der Waals surface area contributed by atoms with Crippen LogP contribution in [0.2, 0.25) is 0 Å². The van der Waals surface area contributed by atoms with Crippen LogP contribution in [-0.2, 0) is 27.5 Å². The molecule has 0 aliphatic heterocycles. The number of ether oxygens (including phenoxy) is 1. The summed E-state index contributed by atoms with van der Waals surface area (Å²) in [6.45, 7) is 0.384.